The summed E-state index contributed by atoms with van der Waals surface area (Å²) in [7, 11) is 3.19. The Morgan fingerprint density at radius 1 is 1.25 bits per heavy atom. The number of nitrogens with zero attached hydrogens (tertiary/aromatic N) is 2. The van der Waals surface area contributed by atoms with Gasteiger partial charge < -0.3 is 9.47 Å². The highest BCUT2D eigenvalue weighted by Gasteiger charge is 2.35. The van der Waals surface area contributed by atoms with Gasteiger partial charge in [-0.1, -0.05) is 24.3 Å². The molecule has 0 amide bonds. The van der Waals surface area contributed by atoms with Crippen LogP contribution in [0.4, 0.5) is 0 Å². The molecule has 0 radical (unpaired) electrons. The molecular formula is C18H18BrN3O2. The van der Waals surface area contributed by atoms with Crippen molar-refractivity contribution in [1.82, 2.24) is 5.01 Å². The minimum Gasteiger partial charge on any atom is -0.493 e. The maximum Gasteiger partial charge on any atom is 0.174 e. The summed E-state index contributed by atoms with van der Waals surface area (Å²) in [5.74, 6) is 7.22. The fourth-order valence-corrected chi connectivity index (χ4v) is 3.89. The normalized spacial score (nSPS) is 20.1. The van der Waals surface area contributed by atoms with Crippen LogP contribution in [-0.2, 0) is 6.54 Å². The Morgan fingerprint density at radius 2 is 2.00 bits per heavy atom. The SMILES string of the molecule is COc1cc(C2c3ccccc3CN(N)C2C#N)cc(Br)c1OC. The van der Waals surface area contributed by atoms with Crippen molar-refractivity contribution in [2.24, 2.45) is 5.84 Å². The van der Waals surface area contributed by atoms with Crippen molar-refractivity contribution in [2.45, 2.75) is 18.5 Å². The first kappa shape index (κ1) is 16.8. The molecule has 0 fully saturated rings. The number of rotatable bonds is 3. The molecule has 2 unspecified atom stereocenters. The van der Waals surface area contributed by atoms with E-state index in [1.54, 1.807) is 19.2 Å². The van der Waals surface area contributed by atoms with Crippen LogP contribution in [0.15, 0.2) is 40.9 Å². The molecule has 3 rings (SSSR count). The number of nitriles is 1. The zero-order valence-electron chi connectivity index (χ0n) is 13.5. The molecule has 1 aliphatic rings. The molecule has 1 heterocycles. The minimum atomic E-state index is -0.454. The molecule has 6 heteroatoms. The Morgan fingerprint density at radius 3 is 2.67 bits per heavy atom. The average Bonchev–Trinajstić information content (AvgIpc) is 2.59. The fraction of sp³-hybridized carbons (Fsp3) is 0.278. The number of ether oxygens (including phenoxy) is 2. The van der Waals surface area contributed by atoms with E-state index in [4.69, 9.17) is 15.3 Å². The summed E-state index contributed by atoms with van der Waals surface area (Å²) in [4.78, 5) is 0. The van der Waals surface area contributed by atoms with E-state index in [-0.39, 0.29) is 5.92 Å². The van der Waals surface area contributed by atoms with Crippen molar-refractivity contribution >= 4 is 15.9 Å². The standard InChI is InChI=1S/C18H18BrN3O2/c1-23-16-8-12(7-14(19)18(16)24-2)17-13-6-4-3-5-11(13)10-22(21)15(17)9-20/h3-8,15,17H,10,21H2,1-2H3. The molecule has 0 spiro atoms. The van der Waals surface area contributed by atoms with Crippen LogP contribution in [0, 0.1) is 11.3 Å². The van der Waals surface area contributed by atoms with Crippen LogP contribution < -0.4 is 15.3 Å². The second-order valence-corrected chi connectivity index (χ2v) is 6.52. The van der Waals surface area contributed by atoms with Crippen molar-refractivity contribution in [3.05, 3.63) is 57.6 Å². The third kappa shape index (κ3) is 2.75. The molecule has 5 nitrogen and oxygen atoms in total. The number of nitrogens with two attached hydrogens (primary N) is 1. The van der Waals surface area contributed by atoms with Gasteiger partial charge in [0.05, 0.1) is 24.8 Å². The average molecular weight is 388 g/mol. The molecule has 24 heavy (non-hydrogen) atoms. The largest absolute Gasteiger partial charge is 0.493 e. The lowest BCUT2D eigenvalue weighted by atomic mass is 9.80. The van der Waals surface area contributed by atoms with Gasteiger partial charge in [-0.3, -0.25) is 5.84 Å². The van der Waals surface area contributed by atoms with Gasteiger partial charge in [-0.2, -0.15) is 5.26 Å². The van der Waals surface area contributed by atoms with Gasteiger partial charge in [-0.15, -0.1) is 0 Å². The molecule has 0 aliphatic carbocycles. The fourth-order valence-electron chi connectivity index (χ4n) is 3.27. The van der Waals surface area contributed by atoms with E-state index in [9.17, 15) is 5.26 Å². The maximum atomic E-state index is 9.68. The highest BCUT2D eigenvalue weighted by atomic mass is 79.9. The number of methoxy groups -OCH3 is 2. The summed E-state index contributed by atoms with van der Waals surface area (Å²) in [6.45, 7) is 0.555. The topological polar surface area (TPSA) is 71.5 Å². The zero-order valence-corrected chi connectivity index (χ0v) is 15.1. The predicted molar refractivity (Wildman–Crippen MR) is 94.7 cm³/mol. The highest BCUT2D eigenvalue weighted by Crippen LogP contribution is 2.43. The first-order valence-corrected chi connectivity index (χ1v) is 8.30. The molecule has 0 aromatic heterocycles. The Kier molecular flexibility index (Phi) is 4.76. The molecule has 2 atom stereocenters. The van der Waals surface area contributed by atoms with E-state index >= 15 is 0 Å². The van der Waals surface area contributed by atoms with Crippen LogP contribution in [-0.4, -0.2) is 25.3 Å². The number of hydrogen-bond donors (Lipinski definition) is 1. The number of fused-ring (bicyclic) bond motifs is 1. The van der Waals surface area contributed by atoms with Crippen LogP contribution in [0.3, 0.4) is 0 Å². The molecular weight excluding hydrogens is 370 g/mol. The zero-order chi connectivity index (χ0) is 17.3. The second kappa shape index (κ2) is 6.81. The third-order valence-corrected chi connectivity index (χ3v) is 4.95. The van der Waals surface area contributed by atoms with Gasteiger partial charge in [0.15, 0.2) is 11.5 Å². The van der Waals surface area contributed by atoms with E-state index in [0.29, 0.717) is 18.0 Å². The molecule has 0 saturated carbocycles. The summed E-state index contributed by atoms with van der Waals surface area (Å²) in [6, 6.07) is 13.8. The van der Waals surface area contributed by atoms with Crippen LogP contribution in [0.5, 0.6) is 11.5 Å². The van der Waals surface area contributed by atoms with Gasteiger partial charge in [0.1, 0.15) is 6.04 Å². The second-order valence-electron chi connectivity index (χ2n) is 5.66. The van der Waals surface area contributed by atoms with E-state index in [1.165, 1.54) is 0 Å². The molecule has 0 saturated heterocycles. The molecule has 2 aromatic rings. The Labute approximate surface area is 149 Å². The third-order valence-electron chi connectivity index (χ3n) is 4.36. The van der Waals surface area contributed by atoms with Gasteiger partial charge in [0.2, 0.25) is 0 Å². The summed E-state index contributed by atoms with van der Waals surface area (Å²) >= 11 is 3.53. The Hall–Kier alpha value is -2.07. The van der Waals surface area contributed by atoms with E-state index < -0.39 is 6.04 Å². The van der Waals surface area contributed by atoms with Gasteiger partial charge in [-0.25, -0.2) is 5.01 Å². The lowest BCUT2D eigenvalue weighted by Crippen LogP contribution is -2.47. The van der Waals surface area contributed by atoms with Gasteiger partial charge in [0, 0.05) is 12.5 Å². The van der Waals surface area contributed by atoms with E-state index in [2.05, 4.69) is 28.1 Å². The van der Waals surface area contributed by atoms with E-state index in [1.807, 2.05) is 30.3 Å². The number of benzene rings is 2. The summed E-state index contributed by atoms with van der Waals surface area (Å²) in [6.07, 6.45) is 0. The van der Waals surface area contributed by atoms with Crippen molar-refractivity contribution in [3.63, 3.8) is 0 Å². The molecule has 1 aliphatic heterocycles. The minimum absolute atomic E-state index is 0.166. The van der Waals surface area contributed by atoms with E-state index in [0.717, 1.165) is 21.2 Å². The monoisotopic (exact) mass is 387 g/mol. The number of hydrogen-bond acceptors (Lipinski definition) is 5. The molecule has 2 N–H and O–H groups in total. The van der Waals surface area contributed by atoms with Crippen LogP contribution >= 0.6 is 15.9 Å². The quantitative estimate of drug-likeness (QED) is 0.818. The van der Waals surface area contributed by atoms with Gasteiger partial charge in [0.25, 0.3) is 0 Å². The number of halogens is 1. The molecule has 124 valence electrons. The smallest absolute Gasteiger partial charge is 0.174 e. The van der Waals surface area contributed by atoms with Crippen molar-refractivity contribution in [3.8, 4) is 17.6 Å². The first-order valence-electron chi connectivity index (χ1n) is 7.50. The first-order chi connectivity index (χ1) is 11.6. The number of hydrazine groups is 1. The van der Waals surface area contributed by atoms with Crippen molar-refractivity contribution < 1.29 is 9.47 Å². The highest BCUT2D eigenvalue weighted by molar-refractivity contribution is 9.10. The van der Waals surface area contributed by atoms with Crippen molar-refractivity contribution in [2.75, 3.05) is 14.2 Å². The summed E-state index contributed by atoms with van der Waals surface area (Å²) in [5.41, 5.74) is 3.20. The van der Waals surface area contributed by atoms with Gasteiger partial charge >= 0.3 is 0 Å². The lowest BCUT2D eigenvalue weighted by Gasteiger charge is -2.36. The molecule has 2 aromatic carbocycles. The summed E-state index contributed by atoms with van der Waals surface area (Å²) < 4.78 is 11.6. The van der Waals surface area contributed by atoms with Gasteiger partial charge in [-0.05, 0) is 44.8 Å². The lowest BCUT2D eigenvalue weighted by molar-refractivity contribution is 0.198. The maximum absolute atomic E-state index is 9.68. The summed E-state index contributed by atoms with van der Waals surface area (Å²) in [5, 5.41) is 11.3. The van der Waals surface area contributed by atoms with Crippen LogP contribution in [0.25, 0.3) is 0 Å². The Balaban J connectivity index is 2.20. The van der Waals surface area contributed by atoms with Crippen molar-refractivity contribution in [1.29, 1.82) is 5.26 Å². The van der Waals surface area contributed by atoms with Crippen LogP contribution in [0.1, 0.15) is 22.6 Å². The van der Waals surface area contributed by atoms with Crippen LogP contribution in [0.2, 0.25) is 0 Å². The predicted octanol–water partition coefficient (Wildman–Crippen LogP) is 3.18. The Bertz CT molecular complexity index is 803. The molecule has 0 bridgehead atoms.